The van der Waals surface area contributed by atoms with E-state index in [1.807, 2.05) is 0 Å². The maximum Gasteiger partial charge on any atom is 0.275 e. The predicted octanol–water partition coefficient (Wildman–Crippen LogP) is 4.81. The van der Waals surface area contributed by atoms with E-state index in [0.29, 0.717) is 32.1 Å². The molecule has 4 nitrogen and oxygen atoms in total. The first-order valence-electron chi connectivity index (χ1n) is 6.56. The second-order valence-corrected chi connectivity index (χ2v) is 5.86. The summed E-state index contributed by atoms with van der Waals surface area (Å²) < 4.78 is 5.14. The van der Waals surface area contributed by atoms with Gasteiger partial charge in [-0.1, -0.05) is 40.9 Å². The van der Waals surface area contributed by atoms with E-state index in [2.05, 4.69) is 10.5 Å². The molecule has 0 atom stereocenters. The normalized spacial score (nSPS) is 11.3. The molecule has 0 aromatic heterocycles. The molecule has 2 aromatic carbocycles. The van der Waals surface area contributed by atoms with Crippen molar-refractivity contribution in [2.24, 2.45) is 5.10 Å². The van der Waals surface area contributed by atoms with Crippen LogP contribution in [0.4, 0.5) is 0 Å². The summed E-state index contributed by atoms with van der Waals surface area (Å²) in [5.41, 5.74) is 4.09. The molecule has 0 radical (unpaired) electrons. The Balaban J connectivity index is 2.20. The highest BCUT2D eigenvalue weighted by molar-refractivity contribution is 6.42. The lowest BCUT2D eigenvalue weighted by Gasteiger charge is -2.08. The number of hydrogen-bond donors (Lipinski definition) is 1. The van der Waals surface area contributed by atoms with Crippen molar-refractivity contribution in [3.63, 3.8) is 0 Å². The van der Waals surface area contributed by atoms with E-state index in [1.165, 1.54) is 13.2 Å². The number of carbonyl (C=O) groups excluding carboxylic acids is 1. The van der Waals surface area contributed by atoms with Gasteiger partial charge >= 0.3 is 0 Å². The second-order valence-electron chi connectivity index (χ2n) is 4.61. The van der Waals surface area contributed by atoms with E-state index >= 15 is 0 Å². The molecule has 0 unspecified atom stereocenters. The molecule has 1 amide bonds. The Morgan fingerprint density at radius 3 is 2.48 bits per heavy atom. The van der Waals surface area contributed by atoms with Crippen LogP contribution in [0.1, 0.15) is 22.8 Å². The molecule has 2 rings (SSSR count). The number of halogens is 3. The van der Waals surface area contributed by atoms with Crippen molar-refractivity contribution in [2.45, 2.75) is 6.92 Å². The highest BCUT2D eigenvalue weighted by atomic mass is 35.5. The quantitative estimate of drug-likeness (QED) is 0.619. The topological polar surface area (TPSA) is 50.7 Å². The van der Waals surface area contributed by atoms with Gasteiger partial charge < -0.3 is 4.74 Å². The number of rotatable bonds is 4. The van der Waals surface area contributed by atoms with Crippen LogP contribution in [0.3, 0.4) is 0 Å². The fourth-order valence-electron chi connectivity index (χ4n) is 1.84. The van der Waals surface area contributed by atoms with Gasteiger partial charge in [-0.2, -0.15) is 5.10 Å². The molecule has 0 saturated heterocycles. The van der Waals surface area contributed by atoms with E-state index in [4.69, 9.17) is 39.5 Å². The minimum Gasteiger partial charge on any atom is -0.496 e. The zero-order chi connectivity index (χ0) is 17.0. The van der Waals surface area contributed by atoms with Crippen LogP contribution >= 0.6 is 34.8 Å². The summed E-state index contributed by atoms with van der Waals surface area (Å²) in [6.45, 7) is 1.75. The third-order valence-corrected chi connectivity index (χ3v) is 4.04. The lowest BCUT2D eigenvalue weighted by atomic mass is 10.1. The van der Waals surface area contributed by atoms with E-state index in [0.717, 1.165) is 5.56 Å². The molecule has 7 heteroatoms. The first-order chi connectivity index (χ1) is 10.9. The number of nitrogens with zero attached hydrogens (tertiary/aromatic N) is 1. The lowest BCUT2D eigenvalue weighted by Crippen LogP contribution is -2.20. The third kappa shape index (κ3) is 4.38. The van der Waals surface area contributed by atoms with Gasteiger partial charge in [-0.25, -0.2) is 5.43 Å². The fourth-order valence-corrected chi connectivity index (χ4v) is 2.31. The van der Waals surface area contributed by atoms with Crippen molar-refractivity contribution in [1.82, 2.24) is 5.43 Å². The van der Waals surface area contributed by atoms with Crippen molar-refractivity contribution >= 4 is 46.4 Å². The second kappa shape index (κ2) is 7.68. The molecule has 0 saturated carbocycles. The third-order valence-electron chi connectivity index (χ3n) is 3.07. The summed E-state index contributed by atoms with van der Waals surface area (Å²) in [5.74, 6) is -0.0157. The number of hydrogen-bond acceptors (Lipinski definition) is 3. The Bertz CT molecular complexity index is 776. The van der Waals surface area contributed by atoms with Crippen molar-refractivity contribution in [3.05, 3.63) is 62.6 Å². The smallest absolute Gasteiger partial charge is 0.275 e. The van der Waals surface area contributed by atoms with Gasteiger partial charge in [0.05, 0.1) is 28.4 Å². The Morgan fingerprint density at radius 1 is 1.09 bits per heavy atom. The summed E-state index contributed by atoms with van der Waals surface area (Å²) in [6.07, 6.45) is 0. The van der Waals surface area contributed by atoms with Gasteiger partial charge in [-0.15, -0.1) is 0 Å². The number of benzene rings is 2. The molecule has 0 aliphatic rings. The molecule has 1 N–H and O–H groups in total. The number of ether oxygens (including phenoxy) is 1. The standard InChI is InChI=1S/C16H13Cl3N2O2/c1-9(10-3-5-13(18)14(19)7-10)20-21-16(22)12-8-11(17)4-6-15(12)23-2/h3-8H,1-2H3,(H,21,22)/b20-9+. The molecule has 2 aromatic rings. The van der Waals surface area contributed by atoms with Crippen molar-refractivity contribution in [3.8, 4) is 5.75 Å². The number of hydrazone groups is 1. The minimum atomic E-state index is -0.427. The van der Waals surface area contributed by atoms with E-state index in [9.17, 15) is 4.79 Å². The van der Waals surface area contributed by atoms with Gasteiger partial charge in [-0.05, 0) is 42.8 Å². The molecule has 0 heterocycles. The van der Waals surface area contributed by atoms with E-state index in [1.54, 1.807) is 37.3 Å². The maximum absolute atomic E-state index is 12.2. The predicted molar refractivity (Wildman–Crippen MR) is 94.1 cm³/mol. The van der Waals surface area contributed by atoms with Crippen LogP contribution in [-0.2, 0) is 0 Å². The SMILES string of the molecule is COc1ccc(Cl)cc1C(=O)N/N=C(\C)c1ccc(Cl)c(Cl)c1. The first kappa shape index (κ1) is 17.6. The highest BCUT2D eigenvalue weighted by Gasteiger charge is 2.12. The molecule has 0 spiro atoms. The van der Waals surface area contributed by atoms with Gasteiger partial charge in [0, 0.05) is 5.02 Å². The summed E-state index contributed by atoms with van der Waals surface area (Å²) in [7, 11) is 1.48. The van der Waals surface area contributed by atoms with Gasteiger partial charge in [0.1, 0.15) is 5.75 Å². The van der Waals surface area contributed by atoms with Crippen LogP contribution in [0, 0.1) is 0 Å². The van der Waals surface area contributed by atoms with E-state index < -0.39 is 5.91 Å². The van der Waals surface area contributed by atoms with Crippen LogP contribution < -0.4 is 10.2 Å². The van der Waals surface area contributed by atoms with Gasteiger partial charge in [0.25, 0.3) is 5.91 Å². The average Bonchev–Trinajstić information content (AvgIpc) is 2.54. The Labute approximate surface area is 149 Å². The largest absolute Gasteiger partial charge is 0.496 e. The Kier molecular flexibility index (Phi) is 5.88. The van der Waals surface area contributed by atoms with E-state index in [-0.39, 0.29) is 0 Å². The highest BCUT2D eigenvalue weighted by Crippen LogP contribution is 2.24. The van der Waals surface area contributed by atoms with Crippen molar-refractivity contribution in [1.29, 1.82) is 0 Å². The molecule has 0 bridgehead atoms. The molecular formula is C16H13Cl3N2O2. The van der Waals surface area contributed by atoms with Crippen LogP contribution in [0.5, 0.6) is 5.75 Å². The first-order valence-corrected chi connectivity index (χ1v) is 7.69. The molecule has 0 fully saturated rings. The summed E-state index contributed by atoms with van der Waals surface area (Å²) in [6, 6.07) is 9.88. The zero-order valence-electron chi connectivity index (χ0n) is 12.4. The average molecular weight is 372 g/mol. The van der Waals surface area contributed by atoms with Crippen LogP contribution in [0.25, 0.3) is 0 Å². The lowest BCUT2D eigenvalue weighted by molar-refractivity contribution is 0.0952. The summed E-state index contributed by atoms with van der Waals surface area (Å²) >= 11 is 17.8. The Hall–Kier alpha value is -1.75. The molecular weight excluding hydrogens is 359 g/mol. The van der Waals surface area contributed by atoms with Crippen LogP contribution in [0.2, 0.25) is 15.1 Å². The number of nitrogens with one attached hydrogen (secondary N) is 1. The minimum absolute atomic E-state index is 0.297. The maximum atomic E-state index is 12.2. The van der Waals surface area contributed by atoms with Crippen molar-refractivity contribution < 1.29 is 9.53 Å². The fraction of sp³-hybridized carbons (Fsp3) is 0.125. The number of methoxy groups -OCH3 is 1. The zero-order valence-corrected chi connectivity index (χ0v) is 14.6. The monoisotopic (exact) mass is 370 g/mol. The van der Waals surface area contributed by atoms with Crippen LogP contribution in [0.15, 0.2) is 41.5 Å². The van der Waals surface area contributed by atoms with Gasteiger partial charge in [-0.3, -0.25) is 4.79 Å². The molecule has 23 heavy (non-hydrogen) atoms. The summed E-state index contributed by atoms with van der Waals surface area (Å²) in [4.78, 5) is 12.2. The molecule has 0 aliphatic carbocycles. The number of carbonyl (C=O) groups is 1. The van der Waals surface area contributed by atoms with Gasteiger partial charge in [0.2, 0.25) is 0 Å². The Morgan fingerprint density at radius 2 is 1.83 bits per heavy atom. The van der Waals surface area contributed by atoms with Crippen LogP contribution in [-0.4, -0.2) is 18.7 Å². The van der Waals surface area contributed by atoms with Crippen molar-refractivity contribution in [2.75, 3.05) is 7.11 Å². The summed E-state index contributed by atoms with van der Waals surface area (Å²) in [5, 5.41) is 5.37. The molecule has 0 aliphatic heterocycles. The number of amides is 1. The van der Waals surface area contributed by atoms with Gasteiger partial charge in [0.15, 0.2) is 0 Å². The molecule has 120 valence electrons.